The van der Waals surface area contributed by atoms with Crippen molar-refractivity contribution in [2.24, 2.45) is 0 Å². The molecule has 0 aromatic heterocycles. The van der Waals surface area contributed by atoms with Gasteiger partial charge in [-0.25, -0.2) is 0 Å². The molecule has 0 heterocycles. The summed E-state index contributed by atoms with van der Waals surface area (Å²) in [4.78, 5) is 5.35. The van der Waals surface area contributed by atoms with E-state index in [1.807, 2.05) is 0 Å². The minimum absolute atomic E-state index is 0. The molecule has 0 unspecified atom stereocenters. The van der Waals surface area contributed by atoms with Gasteiger partial charge < -0.3 is 50.5 Å². The van der Waals surface area contributed by atoms with Gasteiger partial charge in [0.1, 0.15) is 0 Å². The Hall–Kier alpha value is -1.19. The molecule has 0 saturated carbocycles. The SMILES string of the molecule is N#C/C([S-])=C(/[S-])C#N.[C-]#[N+]/C([S-])=C(/[S-])[N+]#[C-].[Ni]. The van der Waals surface area contributed by atoms with Crippen LogP contribution in [0.15, 0.2) is 19.9 Å². The third-order valence-corrected chi connectivity index (χ3v) is 2.21. The molecule has 90 valence electrons. The number of hydrogen-bond acceptors (Lipinski definition) is 6. The Kier molecular flexibility index (Phi) is 16.0. The van der Waals surface area contributed by atoms with Crippen molar-refractivity contribution < 1.29 is 16.5 Å². The van der Waals surface area contributed by atoms with Gasteiger partial charge in [-0.15, -0.1) is 9.81 Å². The normalized spacial score (nSPS) is 10.1. The maximum Gasteiger partial charge on any atom is 0.0878 e. The summed E-state index contributed by atoms with van der Waals surface area (Å²) < 4.78 is 0. The first-order valence-corrected chi connectivity index (χ1v) is 4.79. The second-order valence-electron chi connectivity index (χ2n) is 1.72. The first kappa shape index (κ1) is 21.1. The average Bonchev–Trinajstić information content (AvgIpc) is 2.35. The molecule has 0 aliphatic carbocycles. The van der Waals surface area contributed by atoms with Crippen LogP contribution in [0.25, 0.3) is 9.69 Å². The van der Waals surface area contributed by atoms with E-state index < -0.39 is 0 Å². The Labute approximate surface area is 132 Å². The van der Waals surface area contributed by atoms with E-state index in [2.05, 4.69) is 60.2 Å². The van der Waals surface area contributed by atoms with Gasteiger partial charge in [0.15, 0.2) is 0 Å². The van der Waals surface area contributed by atoms with E-state index in [0.717, 1.165) is 0 Å². The van der Waals surface area contributed by atoms with Gasteiger partial charge in [0.2, 0.25) is 0 Å². The van der Waals surface area contributed by atoms with Crippen LogP contribution in [0.2, 0.25) is 0 Å². The summed E-state index contributed by atoms with van der Waals surface area (Å²) in [7, 11) is 0. The van der Waals surface area contributed by atoms with Crippen LogP contribution >= 0.6 is 0 Å². The van der Waals surface area contributed by atoms with E-state index in [4.69, 9.17) is 23.7 Å². The van der Waals surface area contributed by atoms with Crippen LogP contribution in [-0.2, 0) is 67.0 Å². The first-order valence-electron chi connectivity index (χ1n) is 3.16. The molecule has 0 spiro atoms. The van der Waals surface area contributed by atoms with Crippen LogP contribution in [0.3, 0.4) is 0 Å². The van der Waals surface area contributed by atoms with Gasteiger partial charge >= 0.3 is 0 Å². The molecular formula is C8N4NiS4-4. The minimum Gasteiger partial charge on any atom is -0.826 e. The molecule has 0 amide bonds. The number of allylic oxidation sites excluding steroid dienone is 2. The summed E-state index contributed by atoms with van der Waals surface area (Å²) in [6.07, 6.45) is 0. The zero-order valence-electron chi connectivity index (χ0n) is 7.74. The quantitative estimate of drug-likeness (QED) is 0.288. The Morgan fingerprint density at radius 1 is 0.824 bits per heavy atom. The zero-order chi connectivity index (χ0) is 13.1. The Bertz CT molecular complexity index is 394. The van der Waals surface area contributed by atoms with Gasteiger partial charge in [-0.1, -0.05) is 0 Å². The molecule has 4 nitrogen and oxygen atoms in total. The molecule has 0 aliphatic rings. The van der Waals surface area contributed by atoms with Crippen molar-refractivity contribution in [3.8, 4) is 12.1 Å². The maximum atomic E-state index is 8.01. The first-order chi connectivity index (χ1) is 7.44. The van der Waals surface area contributed by atoms with Crippen molar-refractivity contribution in [2.75, 3.05) is 0 Å². The zero-order valence-corrected chi connectivity index (χ0v) is 12.0. The molecule has 0 rings (SSSR count). The van der Waals surface area contributed by atoms with Crippen LogP contribution in [0, 0.1) is 35.8 Å². The second kappa shape index (κ2) is 12.9. The number of nitriles is 2. The molecular weight excluding hydrogens is 339 g/mol. The van der Waals surface area contributed by atoms with Gasteiger partial charge in [-0.2, -0.15) is 10.5 Å². The topological polar surface area (TPSA) is 56.3 Å². The number of rotatable bonds is 0. The van der Waals surface area contributed by atoms with Crippen LogP contribution in [0.1, 0.15) is 0 Å². The molecule has 0 fully saturated rings. The Morgan fingerprint density at radius 2 is 1.06 bits per heavy atom. The van der Waals surface area contributed by atoms with Gasteiger partial charge in [0, 0.05) is 26.5 Å². The molecule has 0 aliphatic heterocycles. The van der Waals surface area contributed by atoms with Gasteiger partial charge in [-0.3, -0.25) is 9.69 Å². The third-order valence-electron chi connectivity index (χ3n) is 0.795. The molecule has 0 aromatic rings. The molecule has 0 radical (unpaired) electrons. The van der Waals surface area contributed by atoms with Crippen LogP contribution in [0.5, 0.6) is 0 Å². The summed E-state index contributed by atoms with van der Waals surface area (Å²) in [6.45, 7) is 12.6. The van der Waals surface area contributed by atoms with E-state index in [1.54, 1.807) is 12.1 Å². The van der Waals surface area contributed by atoms with Crippen molar-refractivity contribution in [3.05, 3.63) is 42.7 Å². The smallest absolute Gasteiger partial charge is 0.0878 e. The van der Waals surface area contributed by atoms with Gasteiger partial charge in [0.25, 0.3) is 0 Å². The summed E-state index contributed by atoms with van der Waals surface area (Å²) in [5.41, 5.74) is 0. The van der Waals surface area contributed by atoms with Crippen LogP contribution in [0.4, 0.5) is 0 Å². The molecule has 0 atom stereocenters. The van der Waals surface area contributed by atoms with Crippen molar-refractivity contribution in [1.82, 2.24) is 0 Å². The minimum atomic E-state index is -0.116. The monoisotopic (exact) mass is 338 g/mol. The summed E-state index contributed by atoms with van der Waals surface area (Å²) in [5.74, 6) is 0. The summed E-state index contributed by atoms with van der Waals surface area (Å²) in [5, 5.41) is 15.8. The van der Waals surface area contributed by atoms with E-state index in [-0.39, 0.29) is 36.4 Å². The summed E-state index contributed by atoms with van der Waals surface area (Å²) >= 11 is 17.4. The standard InChI is InChI=1S/2C4H2N2S2.Ni/c1-5-3(7)4(8)6-2;5-1-3(7)4(8)2-6;/h2*7-8H;/p-4/b2*4-3-;. The van der Waals surface area contributed by atoms with Crippen molar-refractivity contribution in [1.29, 1.82) is 10.5 Å². The van der Waals surface area contributed by atoms with Crippen molar-refractivity contribution in [2.45, 2.75) is 0 Å². The fraction of sp³-hybridized carbons (Fsp3) is 0. The molecule has 0 N–H and O–H groups in total. The molecule has 0 aromatic carbocycles. The summed E-state index contributed by atoms with van der Waals surface area (Å²) in [6, 6.07) is 3.17. The van der Waals surface area contributed by atoms with Crippen molar-refractivity contribution in [3.63, 3.8) is 0 Å². The van der Waals surface area contributed by atoms with E-state index >= 15 is 0 Å². The maximum absolute atomic E-state index is 8.01. The largest absolute Gasteiger partial charge is 0.826 e. The van der Waals surface area contributed by atoms with Gasteiger partial charge in [0.05, 0.1) is 25.3 Å². The molecule has 9 heteroatoms. The van der Waals surface area contributed by atoms with Crippen LogP contribution < -0.4 is 0 Å². The van der Waals surface area contributed by atoms with E-state index in [1.165, 1.54) is 0 Å². The Morgan fingerprint density at radius 3 is 1.18 bits per heavy atom. The molecule has 0 saturated heterocycles. The molecule has 0 bridgehead atoms. The fourth-order valence-electron chi connectivity index (χ4n) is 0.197. The molecule has 17 heavy (non-hydrogen) atoms. The predicted octanol–water partition coefficient (Wildman–Crippen LogP) is 1.38. The van der Waals surface area contributed by atoms with Crippen molar-refractivity contribution >= 4 is 50.5 Å². The third kappa shape index (κ3) is 11.1. The second-order valence-corrected chi connectivity index (χ2v) is 3.31. The number of nitrogens with zero attached hydrogens (tertiary/aromatic N) is 4. The fourth-order valence-corrected chi connectivity index (χ4v) is 0.380. The van der Waals surface area contributed by atoms with Crippen LogP contribution in [-0.4, -0.2) is 0 Å². The number of hydrogen-bond donors (Lipinski definition) is 0. The van der Waals surface area contributed by atoms with E-state index in [9.17, 15) is 0 Å². The van der Waals surface area contributed by atoms with E-state index in [0.29, 0.717) is 0 Å². The predicted molar refractivity (Wildman–Crippen MR) is 67.9 cm³/mol. The Balaban J connectivity index is -0.000000218. The van der Waals surface area contributed by atoms with Gasteiger partial charge in [-0.05, 0) is 0 Å². The average molecular weight is 339 g/mol.